The zero-order valence-electron chi connectivity index (χ0n) is 14.9. The molecule has 2 aromatic rings. The second kappa shape index (κ2) is 9.34. The van der Waals surface area contributed by atoms with Crippen molar-refractivity contribution >= 4 is 17.6 Å². The van der Waals surface area contributed by atoms with Crippen molar-refractivity contribution < 1.29 is 32.5 Å². The van der Waals surface area contributed by atoms with E-state index in [-0.39, 0.29) is 34.3 Å². The van der Waals surface area contributed by atoms with Gasteiger partial charge in [-0.3, -0.25) is 0 Å². The third kappa shape index (κ3) is 5.90. The van der Waals surface area contributed by atoms with Crippen LogP contribution in [-0.4, -0.2) is 17.2 Å². The predicted molar refractivity (Wildman–Crippen MR) is 99.2 cm³/mol. The molecule has 1 atom stereocenters. The molecule has 0 amide bonds. The number of rotatable bonds is 8. The van der Waals surface area contributed by atoms with Crippen molar-refractivity contribution in [3.63, 3.8) is 0 Å². The van der Waals surface area contributed by atoms with Crippen LogP contribution in [0.4, 0.5) is 13.2 Å². The van der Waals surface area contributed by atoms with E-state index in [1.54, 1.807) is 0 Å². The topological polar surface area (TPSA) is 79.5 Å². The molecule has 0 radical (unpaired) electrons. The number of benzene rings is 2. The standard InChI is InChI=1S/C20H15ClF3NO4/c1-2-3-4-17(19(26)27)29-18-10-14(7-5-12(18)11-25)28-16-8-6-13(9-15(16)21)20(22,23)24/h2,5-10,17H,1,3-4H2,(H,26,27). The van der Waals surface area contributed by atoms with E-state index in [2.05, 4.69) is 6.58 Å². The molecule has 0 aliphatic heterocycles. The van der Waals surface area contributed by atoms with E-state index in [1.807, 2.05) is 6.07 Å². The fraction of sp³-hybridized carbons (Fsp3) is 0.200. The van der Waals surface area contributed by atoms with Crippen molar-refractivity contribution in [2.45, 2.75) is 25.1 Å². The van der Waals surface area contributed by atoms with Gasteiger partial charge in [0.15, 0.2) is 6.10 Å². The van der Waals surface area contributed by atoms with Gasteiger partial charge in [-0.1, -0.05) is 17.7 Å². The van der Waals surface area contributed by atoms with E-state index in [0.717, 1.165) is 18.2 Å². The SMILES string of the molecule is C=CCCC(Oc1cc(Oc2ccc(C(F)(F)F)cc2Cl)ccc1C#N)C(=O)O. The van der Waals surface area contributed by atoms with Gasteiger partial charge in [-0.05, 0) is 43.2 Å². The molecule has 0 saturated carbocycles. The highest BCUT2D eigenvalue weighted by Gasteiger charge is 2.31. The van der Waals surface area contributed by atoms with Crippen molar-refractivity contribution in [2.24, 2.45) is 0 Å². The number of nitriles is 1. The summed E-state index contributed by atoms with van der Waals surface area (Å²) in [5, 5.41) is 18.2. The lowest BCUT2D eigenvalue weighted by Gasteiger charge is -2.17. The molecule has 5 nitrogen and oxygen atoms in total. The first kappa shape index (κ1) is 22.1. The fourth-order valence-corrected chi connectivity index (χ4v) is 2.52. The van der Waals surface area contributed by atoms with Crippen LogP contribution in [0.2, 0.25) is 5.02 Å². The number of halogens is 4. The van der Waals surface area contributed by atoms with Crippen molar-refractivity contribution in [1.82, 2.24) is 0 Å². The van der Waals surface area contributed by atoms with Gasteiger partial charge >= 0.3 is 12.1 Å². The summed E-state index contributed by atoms with van der Waals surface area (Å²) in [5.74, 6) is -1.19. The van der Waals surface area contributed by atoms with Crippen LogP contribution < -0.4 is 9.47 Å². The molecule has 2 rings (SSSR count). The Hall–Kier alpha value is -3.18. The van der Waals surface area contributed by atoms with Crippen LogP contribution >= 0.6 is 11.6 Å². The van der Waals surface area contributed by atoms with Crippen molar-refractivity contribution in [2.75, 3.05) is 0 Å². The fourth-order valence-electron chi connectivity index (χ4n) is 2.30. The van der Waals surface area contributed by atoms with E-state index in [9.17, 15) is 28.3 Å². The van der Waals surface area contributed by atoms with Crippen LogP contribution in [0.5, 0.6) is 17.2 Å². The van der Waals surface area contributed by atoms with Crippen LogP contribution in [0.3, 0.4) is 0 Å². The summed E-state index contributed by atoms with van der Waals surface area (Å²) < 4.78 is 49.1. The van der Waals surface area contributed by atoms with Gasteiger partial charge < -0.3 is 14.6 Å². The van der Waals surface area contributed by atoms with Gasteiger partial charge in [0.25, 0.3) is 0 Å². The largest absolute Gasteiger partial charge is 0.479 e. The number of carboxylic acids is 1. The van der Waals surface area contributed by atoms with Gasteiger partial charge in [0, 0.05) is 6.07 Å². The Bertz CT molecular complexity index is 954. The van der Waals surface area contributed by atoms with Gasteiger partial charge in [0.1, 0.15) is 23.3 Å². The summed E-state index contributed by atoms with van der Waals surface area (Å²) in [5.41, 5.74) is -0.856. The first-order valence-corrected chi connectivity index (χ1v) is 8.62. The molecule has 9 heteroatoms. The molecule has 1 unspecified atom stereocenters. The minimum Gasteiger partial charge on any atom is -0.479 e. The smallest absolute Gasteiger partial charge is 0.416 e. The number of allylic oxidation sites excluding steroid dienone is 1. The Morgan fingerprint density at radius 3 is 2.55 bits per heavy atom. The van der Waals surface area contributed by atoms with Crippen LogP contribution in [-0.2, 0) is 11.0 Å². The van der Waals surface area contributed by atoms with Crippen LogP contribution in [0.25, 0.3) is 0 Å². The number of alkyl halides is 3. The second-order valence-corrected chi connectivity index (χ2v) is 6.23. The molecular formula is C20H15ClF3NO4. The van der Waals surface area contributed by atoms with E-state index < -0.39 is 23.8 Å². The van der Waals surface area contributed by atoms with Crippen LogP contribution in [0.1, 0.15) is 24.0 Å². The third-order valence-corrected chi connectivity index (χ3v) is 4.03. The number of nitrogens with zero attached hydrogens (tertiary/aromatic N) is 1. The molecule has 0 aliphatic carbocycles. The first-order valence-electron chi connectivity index (χ1n) is 8.24. The molecule has 0 aliphatic rings. The van der Waals surface area contributed by atoms with Crippen LogP contribution in [0, 0.1) is 11.3 Å². The average Bonchev–Trinajstić information content (AvgIpc) is 2.65. The third-order valence-electron chi connectivity index (χ3n) is 3.74. The maximum atomic E-state index is 12.7. The lowest BCUT2D eigenvalue weighted by molar-refractivity contribution is -0.145. The zero-order chi connectivity index (χ0) is 21.6. The molecule has 152 valence electrons. The maximum absolute atomic E-state index is 12.7. The maximum Gasteiger partial charge on any atom is 0.416 e. The van der Waals surface area contributed by atoms with Gasteiger partial charge in [0.05, 0.1) is 16.1 Å². The van der Waals surface area contributed by atoms with Crippen molar-refractivity contribution in [3.05, 3.63) is 65.2 Å². The van der Waals surface area contributed by atoms with Gasteiger partial charge in [0.2, 0.25) is 0 Å². The Balaban J connectivity index is 2.29. The predicted octanol–water partition coefficient (Wildman–Crippen LogP) is 5.82. The minimum absolute atomic E-state index is 0.0375. The summed E-state index contributed by atoms with van der Waals surface area (Å²) in [6.07, 6.45) is -3.70. The highest BCUT2D eigenvalue weighted by atomic mass is 35.5. The number of hydrogen-bond donors (Lipinski definition) is 1. The van der Waals surface area contributed by atoms with E-state index in [1.165, 1.54) is 24.3 Å². The number of aliphatic carboxylic acids is 1. The lowest BCUT2D eigenvalue weighted by atomic mass is 10.1. The molecular weight excluding hydrogens is 411 g/mol. The Morgan fingerprint density at radius 1 is 1.28 bits per heavy atom. The summed E-state index contributed by atoms with van der Waals surface area (Å²) in [4.78, 5) is 11.4. The quantitative estimate of drug-likeness (QED) is 0.539. The summed E-state index contributed by atoms with van der Waals surface area (Å²) in [7, 11) is 0. The average molecular weight is 426 g/mol. The second-order valence-electron chi connectivity index (χ2n) is 5.83. The molecule has 0 heterocycles. The zero-order valence-corrected chi connectivity index (χ0v) is 15.6. The normalized spacial score (nSPS) is 12.0. The molecule has 0 saturated heterocycles. The summed E-state index contributed by atoms with van der Waals surface area (Å²) in [6, 6.07) is 8.49. The van der Waals surface area contributed by atoms with Crippen molar-refractivity contribution in [3.8, 4) is 23.3 Å². The van der Waals surface area contributed by atoms with Crippen molar-refractivity contribution in [1.29, 1.82) is 5.26 Å². The van der Waals surface area contributed by atoms with E-state index in [0.29, 0.717) is 6.42 Å². The highest BCUT2D eigenvalue weighted by Crippen LogP contribution is 2.37. The molecule has 0 fully saturated rings. The van der Waals surface area contributed by atoms with E-state index >= 15 is 0 Å². The highest BCUT2D eigenvalue weighted by molar-refractivity contribution is 6.32. The Kier molecular flexibility index (Phi) is 7.13. The van der Waals surface area contributed by atoms with E-state index in [4.69, 9.17) is 21.1 Å². The van der Waals surface area contributed by atoms with Gasteiger partial charge in [-0.25, -0.2) is 4.79 Å². The van der Waals surface area contributed by atoms with Crippen LogP contribution in [0.15, 0.2) is 49.1 Å². The molecule has 2 aromatic carbocycles. The number of carboxylic acid groups (broad SMARTS) is 1. The summed E-state index contributed by atoms with van der Waals surface area (Å²) >= 11 is 5.87. The first-order chi connectivity index (χ1) is 13.7. The molecule has 0 spiro atoms. The molecule has 0 aromatic heterocycles. The Morgan fingerprint density at radius 2 is 2.00 bits per heavy atom. The number of carbonyl (C=O) groups is 1. The Labute approximate surface area is 169 Å². The number of ether oxygens (including phenoxy) is 2. The monoisotopic (exact) mass is 425 g/mol. The molecule has 1 N–H and O–H groups in total. The minimum atomic E-state index is -4.55. The molecule has 0 bridgehead atoms. The lowest BCUT2D eigenvalue weighted by Crippen LogP contribution is -2.27. The van der Waals surface area contributed by atoms with Gasteiger partial charge in [-0.2, -0.15) is 18.4 Å². The molecule has 29 heavy (non-hydrogen) atoms. The summed E-state index contributed by atoms with van der Waals surface area (Å²) in [6.45, 7) is 3.52. The van der Waals surface area contributed by atoms with Gasteiger partial charge in [-0.15, -0.1) is 6.58 Å². The number of hydrogen-bond acceptors (Lipinski definition) is 4.